The van der Waals surface area contributed by atoms with Gasteiger partial charge in [-0.3, -0.25) is 0 Å². The Balaban J connectivity index is 2.97. The van der Waals surface area contributed by atoms with Crippen molar-refractivity contribution < 1.29 is 5.11 Å². The van der Waals surface area contributed by atoms with Gasteiger partial charge in [0.1, 0.15) is 5.75 Å². The van der Waals surface area contributed by atoms with Gasteiger partial charge in [-0.05, 0) is 41.8 Å². The smallest absolute Gasteiger partial charge is 0.119 e. The number of hydrogen-bond acceptors (Lipinski definition) is 1. The SMILES string of the molecule is Cc1cc(O)c(C)c2ccccc12. The highest BCUT2D eigenvalue weighted by atomic mass is 16.3. The first kappa shape index (κ1) is 8.11. The Morgan fingerprint density at radius 3 is 2.31 bits per heavy atom. The number of aromatic hydroxyl groups is 1. The number of benzene rings is 2. The molecule has 0 saturated heterocycles. The third-order valence-corrected chi connectivity index (χ3v) is 2.49. The molecule has 0 bridgehead atoms. The van der Waals surface area contributed by atoms with Crippen molar-refractivity contribution >= 4 is 10.8 Å². The average molecular weight is 172 g/mol. The molecule has 1 N–H and O–H groups in total. The molecule has 0 unspecified atom stereocenters. The second-order valence-electron chi connectivity index (χ2n) is 3.38. The normalized spacial score (nSPS) is 10.6. The van der Waals surface area contributed by atoms with Crippen molar-refractivity contribution in [1.29, 1.82) is 0 Å². The molecule has 13 heavy (non-hydrogen) atoms. The van der Waals surface area contributed by atoms with Crippen LogP contribution in [0.5, 0.6) is 5.75 Å². The Morgan fingerprint density at radius 1 is 1.00 bits per heavy atom. The van der Waals surface area contributed by atoms with Crippen molar-refractivity contribution in [2.45, 2.75) is 13.8 Å². The molecule has 0 amide bonds. The maximum atomic E-state index is 9.60. The molecule has 0 aromatic heterocycles. The molecule has 0 radical (unpaired) electrons. The molecule has 2 rings (SSSR count). The minimum Gasteiger partial charge on any atom is -0.508 e. The van der Waals surface area contributed by atoms with E-state index < -0.39 is 0 Å². The molecule has 2 aromatic carbocycles. The predicted octanol–water partition coefficient (Wildman–Crippen LogP) is 3.16. The van der Waals surface area contributed by atoms with Crippen molar-refractivity contribution in [2.75, 3.05) is 0 Å². The van der Waals surface area contributed by atoms with Crippen molar-refractivity contribution in [3.05, 3.63) is 41.5 Å². The Kier molecular flexibility index (Phi) is 1.73. The molecule has 0 atom stereocenters. The van der Waals surface area contributed by atoms with Gasteiger partial charge in [0, 0.05) is 0 Å². The number of aryl methyl sites for hydroxylation is 2. The van der Waals surface area contributed by atoms with Gasteiger partial charge < -0.3 is 5.11 Å². The van der Waals surface area contributed by atoms with Crippen molar-refractivity contribution in [1.82, 2.24) is 0 Å². The van der Waals surface area contributed by atoms with Crippen LogP contribution in [-0.4, -0.2) is 5.11 Å². The molecule has 1 heteroatoms. The minimum atomic E-state index is 0.385. The summed E-state index contributed by atoms with van der Waals surface area (Å²) in [6, 6.07) is 9.95. The van der Waals surface area contributed by atoms with Crippen LogP contribution in [0.3, 0.4) is 0 Å². The minimum absolute atomic E-state index is 0.385. The lowest BCUT2D eigenvalue weighted by atomic mass is 10.0. The number of phenolic OH excluding ortho intramolecular Hbond substituents is 1. The van der Waals surface area contributed by atoms with E-state index in [2.05, 4.69) is 6.07 Å². The molecule has 2 aromatic rings. The lowest BCUT2D eigenvalue weighted by Gasteiger charge is -2.07. The topological polar surface area (TPSA) is 20.2 Å². The van der Waals surface area contributed by atoms with Crippen LogP contribution in [0.4, 0.5) is 0 Å². The fourth-order valence-corrected chi connectivity index (χ4v) is 1.68. The number of hydrogen-bond donors (Lipinski definition) is 1. The van der Waals surface area contributed by atoms with Gasteiger partial charge >= 0.3 is 0 Å². The third-order valence-electron chi connectivity index (χ3n) is 2.49. The summed E-state index contributed by atoms with van der Waals surface area (Å²) in [5.74, 6) is 0.385. The van der Waals surface area contributed by atoms with Crippen molar-refractivity contribution in [2.24, 2.45) is 0 Å². The van der Waals surface area contributed by atoms with Gasteiger partial charge in [-0.2, -0.15) is 0 Å². The summed E-state index contributed by atoms with van der Waals surface area (Å²) in [5.41, 5.74) is 2.08. The summed E-state index contributed by atoms with van der Waals surface area (Å²) in [6.45, 7) is 3.96. The van der Waals surface area contributed by atoms with Gasteiger partial charge in [-0.15, -0.1) is 0 Å². The van der Waals surface area contributed by atoms with E-state index in [1.165, 1.54) is 5.39 Å². The Bertz CT molecular complexity index is 458. The molecule has 0 heterocycles. The number of fused-ring (bicyclic) bond motifs is 1. The number of rotatable bonds is 0. The zero-order valence-electron chi connectivity index (χ0n) is 7.83. The largest absolute Gasteiger partial charge is 0.508 e. The third kappa shape index (κ3) is 1.17. The highest BCUT2D eigenvalue weighted by Crippen LogP contribution is 2.28. The van der Waals surface area contributed by atoms with Crippen LogP contribution < -0.4 is 0 Å². The quantitative estimate of drug-likeness (QED) is 0.647. The fourth-order valence-electron chi connectivity index (χ4n) is 1.68. The second kappa shape index (κ2) is 2.77. The maximum absolute atomic E-state index is 9.60. The van der Waals surface area contributed by atoms with Crippen LogP contribution >= 0.6 is 0 Å². The monoisotopic (exact) mass is 172 g/mol. The van der Waals surface area contributed by atoms with Gasteiger partial charge in [0.2, 0.25) is 0 Å². The molecule has 0 aliphatic carbocycles. The lowest BCUT2D eigenvalue weighted by molar-refractivity contribution is 0.472. The Hall–Kier alpha value is -1.50. The summed E-state index contributed by atoms with van der Waals surface area (Å²) in [5, 5.41) is 12.0. The first-order valence-corrected chi connectivity index (χ1v) is 4.38. The average Bonchev–Trinajstić information content (AvgIpc) is 2.15. The summed E-state index contributed by atoms with van der Waals surface area (Å²) in [6.07, 6.45) is 0. The Morgan fingerprint density at radius 2 is 1.62 bits per heavy atom. The molecule has 0 saturated carbocycles. The van der Waals surface area contributed by atoms with Gasteiger partial charge in [-0.25, -0.2) is 0 Å². The first-order chi connectivity index (χ1) is 6.20. The number of phenols is 1. The molecule has 0 aliphatic heterocycles. The zero-order valence-corrected chi connectivity index (χ0v) is 7.83. The van der Waals surface area contributed by atoms with Gasteiger partial charge in [-0.1, -0.05) is 24.3 Å². The molecule has 66 valence electrons. The molecule has 1 nitrogen and oxygen atoms in total. The van der Waals surface area contributed by atoms with Crippen molar-refractivity contribution in [3.8, 4) is 5.75 Å². The van der Waals surface area contributed by atoms with Crippen LogP contribution in [0.25, 0.3) is 10.8 Å². The Labute approximate surface area is 77.6 Å². The van der Waals surface area contributed by atoms with E-state index in [-0.39, 0.29) is 0 Å². The van der Waals surface area contributed by atoms with Crippen LogP contribution in [0, 0.1) is 13.8 Å². The van der Waals surface area contributed by atoms with Crippen LogP contribution in [0.1, 0.15) is 11.1 Å². The van der Waals surface area contributed by atoms with Crippen LogP contribution in [0.2, 0.25) is 0 Å². The molecular formula is C12H12O. The zero-order chi connectivity index (χ0) is 9.42. The van der Waals surface area contributed by atoms with E-state index in [1.54, 1.807) is 0 Å². The summed E-state index contributed by atoms with van der Waals surface area (Å²) in [4.78, 5) is 0. The molecule has 0 aliphatic rings. The standard InChI is InChI=1S/C12H12O/c1-8-7-12(13)9(2)11-6-4-3-5-10(8)11/h3-7,13H,1-2H3. The van der Waals surface area contributed by atoms with Crippen LogP contribution in [0.15, 0.2) is 30.3 Å². The van der Waals surface area contributed by atoms with E-state index in [9.17, 15) is 5.11 Å². The van der Waals surface area contributed by atoms with Crippen LogP contribution in [-0.2, 0) is 0 Å². The van der Waals surface area contributed by atoms with E-state index in [0.717, 1.165) is 16.5 Å². The van der Waals surface area contributed by atoms with E-state index in [1.807, 2.05) is 38.1 Å². The summed E-state index contributed by atoms with van der Waals surface area (Å²) < 4.78 is 0. The second-order valence-corrected chi connectivity index (χ2v) is 3.38. The lowest BCUT2D eigenvalue weighted by Crippen LogP contribution is -1.83. The first-order valence-electron chi connectivity index (χ1n) is 4.38. The van der Waals surface area contributed by atoms with Gasteiger partial charge in [0.05, 0.1) is 0 Å². The van der Waals surface area contributed by atoms with Gasteiger partial charge in [0.15, 0.2) is 0 Å². The molecule has 0 fully saturated rings. The molecular weight excluding hydrogens is 160 g/mol. The van der Waals surface area contributed by atoms with E-state index >= 15 is 0 Å². The summed E-state index contributed by atoms with van der Waals surface area (Å²) >= 11 is 0. The predicted molar refractivity (Wildman–Crippen MR) is 55.1 cm³/mol. The van der Waals surface area contributed by atoms with E-state index in [0.29, 0.717) is 5.75 Å². The van der Waals surface area contributed by atoms with Crippen molar-refractivity contribution in [3.63, 3.8) is 0 Å². The highest BCUT2D eigenvalue weighted by molar-refractivity contribution is 5.90. The summed E-state index contributed by atoms with van der Waals surface area (Å²) in [7, 11) is 0. The maximum Gasteiger partial charge on any atom is 0.119 e. The van der Waals surface area contributed by atoms with E-state index in [4.69, 9.17) is 0 Å². The fraction of sp³-hybridized carbons (Fsp3) is 0.167. The van der Waals surface area contributed by atoms with Gasteiger partial charge in [0.25, 0.3) is 0 Å². The molecule has 0 spiro atoms. The highest BCUT2D eigenvalue weighted by Gasteiger charge is 2.03.